The lowest BCUT2D eigenvalue weighted by molar-refractivity contribution is 0.284. The van der Waals surface area contributed by atoms with Gasteiger partial charge in [-0.25, -0.2) is 0 Å². The highest BCUT2D eigenvalue weighted by atomic mass is 16.3. The minimum atomic E-state index is -0.0132. The smallest absolute Gasteiger partial charge is 0.123 e. The first kappa shape index (κ1) is 30.0. The van der Waals surface area contributed by atoms with Gasteiger partial charge in [0, 0.05) is 22.0 Å². The summed E-state index contributed by atoms with van der Waals surface area (Å²) in [5.41, 5.74) is 9.63. The fourth-order valence-corrected chi connectivity index (χ4v) is 6.66. The van der Waals surface area contributed by atoms with E-state index in [1.807, 2.05) is 6.07 Å². The van der Waals surface area contributed by atoms with E-state index in [-0.39, 0.29) is 21.7 Å². The lowest BCUT2D eigenvalue weighted by Gasteiger charge is -2.33. The summed E-state index contributed by atoms with van der Waals surface area (Å²) >= 11 is 0. The molecule has 0 unspecified atom stereocenters. The summed E-state index contributed by atoms with van der Waals surface area (Å²) in [4.78, 5) is 0. The number of nitrogens with zero attached hydrogens (tertiary/aromatic N) is 1. The molecule has 2 heteroatoms. The second-order valence-electron chi connectivity index (χ2n) is 16.2. The minimum Gasteiger partial charge on any atom is -0.507 e. The van der Waals surface area contributed by atoms with Gasteiger partial charge in [0.1, 0.15) is 5.75 Å². The monoisotopic (exact) mass is 559 g/mol. The summed E-state index contributed by atoms with van der Waals surface area (Å²) in [7, 11) is 0. The average molecular weight is 560 g/mol. The Bertz CT molecular complexity index is 1710. The Morgan fingerprint density at radius 2 is 1.10 bits per heavy atom. The highest BCUT2D eigenvalue weighted by Crippen LogP contribution is 2.42. The van der Waals surface area contributed by atoms with Gasteiger partial charge in [0.05, 0.1) is 11.0 Å². The Labute approximate surface area is 253 Å². The standard InChI is InChI=1S/C40H49NO/c1-37(2,3)25-40(10,11)29-17-20-36(42)31(24-29)26-13-12-14-30(21-26)41-34-18-15-27(38(4,5)6)22-32(34)33-23-28(39(7,8)9)16-19-35(33)41/h12-24,42H,25H2,1-11H3. The van der Waals surface area contributed by atoms with Crippen molar-refractivity contribution in [2.75, 3.05) is 0 Å². The van der Waals surface area contributed by atoms with Gasteiger partial charge in [0.15, 0.2) is 0 Å². The Balaban J connectivity index is 1.72. The van der Waals surface area contributed by atoms with Gasteiger partial charge >= 0.3 is 0 Å². The summed E-state index contributed by atoms with van der Waals surface area (Å²) in [6, 6.07) is 28.7. The third-order valence-corrected chi connectivity index (χ3v) is 8.66. The molecule has 0 saturated carbocycles. The average Bonchev–Trinajstić information content (AvgIpc) is 3.19. The predicted molar refractivity (Wildman–Crippen MR) is 182 cm³/mol. The Hall–Kier alpha value is -3.52. The van der Waals surface area contributed by atoms with E-state index in [4.69, 9.17) is 0 Å². The van der Waals surface area contributed by atoms with E-state index < -0.39 is 0 Å². The molecule has 4 aromatic carbocycles. The number of rotatable bonds is 4. The zero-order chi connectivity index (χ0) is 30.8. The molecule has 0 aliphatic carbocycles. The van der Waals surface area contributed by atoms with Crippen molar-refractivity contribution >= 4 is 21.8 Å². The molecule has 0 aliphatic rings. The van der Waals surface area contributed by atoms with Crippen LogP contribution in [0.15, 0.2) is 78.9 Å². The lowest BCUT2D eigenvalue weighted by atomic mass is 9.72. The first-order valence-electron chi connectivity index (χ1n) is 15.4. The molecule has 0 saturated heterocycles. The number of phenols is 1. The van der Waals surface area contributed by atoms with Gasteiger partial charge in [-0.05, 0) is 98.9 Å². The summed E-state index contributed by atoms with van der Waals surface area (Å²) in [5.74, 6) is 0.314. The van der Waals surface area contributed by atoms with Crippen molar-refractivity contribution in [1.29, 1.82) is 0 Å². The topological polar surface area (TPSA) is 25.2 Å². The largest absolute Gasteiger partial charge is 0.507 e. The quantitative estimate of drug-likeness (QED) is 0.233. The minimum absolute atomic E-state index is 0.0132. The molecule has 1 aromatic heterocycles. The second-order valence-corrected chi connectivity index (χ2v) is 16.2. The van der Waals surface area contributed by atoms with Crippen LogP contribution in [0.5, 0.6) is 5.75 Å². The van der Waals surface area contributed by atoms with E-state index in [0.717, 1.165) is 23.2 Å². The summed E-state index contributed by atoms with van der Waals surface area (Å²) in [6.45, 7) is 25.2. The van der Waals surface area contributed by atoms with Crippen LogP contribution in [0.2, 0.25) is 0 Å². The van der Waals surface area contributed by atoms with Gasteiger partial charge in [-0.1, -0.05) is 106 Å². The number of aromatic hydroxyl groups is 1. The van der Waals surface area contributed by atoms with Crippen LogP contribution in [0.3, 0.4) is 0 Å². The van der Waals surface area contributed by atoms with Crippen molar-refractivity contribution in [3.63, 3.8) is 0 Å². The van der Waals surface area contributed by atoms with Gasteiger partial charge < -0.3 is 9.67 Å². The molecule has 0 aliphatic heterocycles. The third-order valence-electron chi connectivity index (χ3n) is 8.66. The number of benzene rings is 4. The Morgan fingerprint density at radius 1 is 0.571 bits per heavy atom. The zero-order valence-electron chi connectivity index (χ0n) is 27.6. The van der Waals surface area contributed by atoms with Crippen molar-refractivity contribution in [2.24, 2.45) is 5.41 Å². The van der Waals surface area contributed by atoms with Gasteiger partial charge in [0.2, 0.25) is 0 Å². The van der Waals surface area contributed by atoms with Crippen LogP contribution in [0.4, 0.5) is 0 Å². The molecule has 0 amide bonds. The van der Waals surface area contributed by atoms with E-state index in [1.165, 1.54) is 38.5 Å². The highest BCUT2D eigenvalue weighted by molar-refractivity contribution is 6.10. The summed E-state index contributed by atoms with van der Waals surface area (Å²) < 4.78 is 2.39. The fourth-order valence-electron chi connectivity index (χ4n) is 6.66. The molecule has 0 bridgehead atoms. The van der Waals surface area contributed by atoms with Crippen LogP contribution in [0, 0.1) is 5.41 Å². The molecule has 2 nitrogen and oxygen atoms in total. The number of fused-ring (bicyclic) bond motifs is 3. The molecule has 0 atom stereocenters. The second kappa shape index (κ2) is 10.0. The maximum Gasteiger partial charge on any atom is 0.123 e. The van der Waals surface area contributed by atoms with Gasteiger partial charge in [-0.2, -0.15) is 0 Å². The molecule has 220 valence electrons. The van der Waals surface area contributed by atoms with Crippen LogP contribution in [0.25, 0.3) is 38.6 Å². The van der Waals surface area contributed by atoms with Crippen LogP contribution in [-0.2, 0) is 16.2 Å². The molecule has 0 fully saturated rings. The maximum atomic E-state index is 11.1. The summed E-state index contributed by atoms with van der Waals surface area (Å²) in [6.07, 6.45) is 1.05. The SMILES string of the molecule is CC(C)(C)CC(C)(C)c1ccc(O)c(-c2cccc(-n3c4ccc(C(C)(C)C)cc4c4cc(C(C)(C)C)ccc43)c2)c1. The van der Waals surface area contributed by atoms with Crippen molar-refractivity contribution in [3.05, 3.63) is 95.6 Å². The van der Waals surface area contributed by atoms with Crippen LogP contribution >= 0.6 is 0 Å². The van der Waals surface area contributed by atoms with Crippen LogP contribution in [-0.4, -0.2) is 9.67 Å². The van der Waals surface area contributed by atoms with E-state index >= 15 is 0 Å². The number of phenolic OH excluding ortho intramolecular Hbond substituents is 1. The number of aromatic nitrogens is 1. The summed E-state index contributed by atoms with van der Waals surface area (Å²) in [5, 5.41) is 13.6. The van der Waals surface area contributed by atoms with Gasteiger partial charge in [0.25, 0.3) is 0 Å². The first-order chi connectivity index (χ1) is 19.3. The van der Waals surface area contributed by atoms with Crippen LogP contribution < -0.4 is 0 Å². The molecule has 42 heavy (non-hydrogen) atoms. The predicted octanol–water partition coefficient (Wildman–Crippen LogP) is 11.5. The van der Waals surface area contributed by atoms with E-state index in [2.05, 4.69) is 154 Å². The normalized spacial score (nSPS) is 13.3. The van der Waals surface area contributed by atoms with E-state index in [9.17, 15) is 5.11 Å². The van der Waals surface area contributed by atoms with Crippen molar-refractivity contribution in [1.82, 2.24) is 4.57 Å². The molecule has 0 spiro atoms. The molecule has 0 radical (unpaired) electrons. The number of hydrogen-bond donors (Lipinski definition) is 1. The maximum absolute atomic E-state index is 11.1. The van der Waals surface area contributed by atoms with Crippen molar-refractivity contribution in [3.8, 4) is 22.6 Å². The van der Waals surface area contributed by atoms with Crippen molar-refractivity contribution in [2.45, 2.75) is 98.8 Å². The fraction of sp³-hybridized carbons (Fsp3) is 0.400. The third kappa shape index (κ3) is 5.74. The van der Waals surface area contributed by atoms with E-state index in [1.54, 1.807) is 0 Å². The van der Waals surface area contributed by atoms with Crippen LogP contribution in [0.1, 0.15) is 99.3 Å². The molecular weight excluding hydrogens is 510 g/mol. The van der Waals surface area contributed by atoms with Gasteiger partial charge in [-0.15, -0.1) is 0 Å². The highest BCUT2D eigenvalue weighted by Gasteiger charge is 2.28. The lowest BCUT2D eigenvalue weighted by Crippen LogP contribution is -2.24. The molecular formula is C40H49NO. The van der Waals surface area contributed by atoms with Gasteiger partial charge in [-0.3, -0.25) is 0 Å². The molecule has 5 rings (SSSR count). The Kier molecular flexibility index (Phi) is 7.16. The van der Waals surface area contributed by atoms with E-state index in [0.29, 0.717) is 5.75 Å². The Morgan fingerprint density at radius 3 is 1.60 bits per heavy atom. The van der Waals surface area contributed by atoms with Crippen molar-refractivity contribution < 1.29 is 5.11 Å². The first-order valence-corrected chi connectivity index (χ1v) is 15.4. The molecule has 1 N–H and O–H groups in total. The number of hydrogen-bond acceptors (Lipinski definition) is 1. The molecule has 5 aromatic rings. The molecule has 1 heterocycles. The zero-order valence-corrected chi connectivity index (χ0v) is 27.6.